The first-order valence-corrected chi connectivity index (χ1v) is 12.0. The maximum Gasteiger partial charge on any atom is 0.244 e. The van der Waals surface area contributed by atoms with Crippen molar-refractivity contribution in [2.45, 2.75) is 17.9 Å². The molecule has 3 aromatic rings. The van der Waals surface area contributed by atoms with Gasteiger partial charge in [-0.25, -0.2) is 8.42 Å². The van der Waals surface area contributed by atoms with Crippen LogP contribution in [0.2, 0.25) is 0 Å². The highest BCUT2D eigenvalue weighted by atomic mass is 32.2. The van der Waals surface area contributed by atoms with E-state index in [1.54, 1.807) is 30.3 Å². The number of amides is 1. The molecule has 3 aromatic carbocycles. The summed E-state index contributed by atoms with van der Waals surface area (Å²) < 4.78 is 32.1. The van der Waals surface area contributed by atoms with E-state index >= 15 is 0 Å². The number of carbonyl (C=O) groups excluding carboxylic acids is 1. The zero-order valence-corrected chi connectivity index (χ0v) is 18.7. The molecule has 0 spiro atoms. The van der Waals surface area contributed by atoms with Gasteiger partial charge in [-0.05, 0) is 47.0 Å². The molecule has 1 heterocycles. The van der Waals surface area contributed by atoms with Gasteiger partial charge in [-0.15, -0.1) is 0 Å². The van der Waals surface area contributed by atoms with Crippen LogP contribution < -0.4 is 5.32 Å². The van der Waals surface area contributed by atoms with Gasteiger partial charge in [0.1, 0.15) is 0 Å². The van der Waals surface area contributed by atoms with Crippen molar-refractivity contribution in [3.05, 3.63) is 83.9 Å². The molecule has 1 fully saturated rings. The Kier molecular flexibility index (Phi) is 6.69. The van der Waals surface area contributed by atoms with Gasteiger partial charge in [0.2, 0.25) is 15.9 Å². The molecule has 1 aliphatic rings. The van der Waals surface area contributed by atoms with Crippen molar-refractivity contribution >= 4 is 32.8 Å². The van der Waals surface area contributed by atoms with Gasteiger partial charge < -0.3 is 10.1 Å². The Hall–Kier alpha value is -3.00. The number of fused-ring (bicyclic) bond motifs is 1. The Bertz CT molecular complexity index is 1230. The topological polar surface area (TPSA) is 75.7 Å². The molecule has 32 heavy (non-hydrogen) atoms. The molecule has 1 aliphatic heterocycles. The SMILES string of the molecule is CC(NC(=O)C=Cc1ccc(S(=O)(=O)N2CCOCC2)cc1)c1cccc2ccccc12. The molecule has 1 amide bonds. The molecule has 1 unspecified atom stereocenters. The largest absolute Gasteiger partial charge is 0.379 e. The fraction of sp³-hybridized carbons (Fsp3) is 0.240. The van der Waals surface area contributed by atoms with Crippen molar-refractivity contribution in [2.24, 2.45) is 0 Å². The molecular weight excluding hydrogens is 424 g/mol. The number of benzene rings is 3. The quantitative estimate of drug-likeness (QED) is 0.581. The van der Waals surface area contributed by atoms with Crippen LogP contribution in [0.3, 0.4) is 0 Å². The maximum atomic E-state index is 12.7. The van der Waals surface area contributed by atoms with Crippen molar-refractivity contribution in [1.29, 1.82) is 0 Å². The third-order valence-corrected chi connectivity index (χ3v) is 7.48. The highest BCUT2D eigenvalue weighted by Crippen LogP contribution is 2.24. The molecule has 6 nitrogen and oxygen atoms in total. The summed E-state index contributed by atoms with van der Waals surface area (Å²) in [6.45, 7) is 3.50. The van der Waals surface area contributed by atoms with E-state index in [-0.39, 0.29) is 16.8 Å². The lowest BCUT2D eigenvalue weighted by atomic mass is 10.00. The molecule has 1 atom stereocenters. The summed E-state index contributed by atoms with van der Waals surface area (Å²) in [6, 6.07) is 20.5. The van der Waals surface area contributed by atoms with Gasteiger partial charge in [-0.2, -0.15) is 4.31 Å². The molecule has 0 saturated carbocycles. The van der Waals surface area contributed by atoms with E-state index in [0.717, 1.165) is 21.9 Å². The van der Waals surface area contributed by atoms with Gasteiger partial charge in [-0.3, -0.25) is 4.79 Å². The molecule has 1 saturated heterocycles. The van der Waals surface area contributed by atoms with Gasteiger partial charge in [0, 0.05) is 19.2 Å². The molecule has 7 heteroatoms. The zero-order chi connectivity index (χ0) is 22.6. The second kappa shape index (κ2) is 9.65. The van der Waals surface area contributed by atoms with Crippen LogP contribution in [0.1, 0.15) is 24.1 Å². The van der Waals surface area contributed by atoms with Crippen molar-refractivity contribution in [2.75, 3.05) is 26.3 Å². The minimum Gasteiger partial charge on any atom is -0.379 e. The lowest BCUT2D eigenvalue weighted by Gasteiger charge is -2.26. The first-order chi connectivity index (χ1) is 15.4. The lowest BCUT2D eigenvalue weighted by molar-refractivity contribution is -0.117. The van der Waals surface area contributed by atoms with Gasteiger partial charge in [0.25, 0.3) is 0 Å². The number of carbonyl (C=O) groups is 1. The first kappa shape index (κ1) is 22.2. The van der Waals surface area contributed by atoms with Crippen LogP contribution >= 0.6 is 0 Å². The van der Waals surface area contributed by atoms with Gasteiger partial charge in [0.05, 0.1) is 24.2 Å². The Morgan fingerprint density at radius 3 is 2.44 bits per heavy atom. The molecule has 4 rings (SSSR count). The Labute approximate surface area is 188 Å². The average Bonchev–Trinajstić information content (AvgIpc) is 2.83. The average molecular weight is 451 g/mol. The van der Waals surface area contributed by atoms with E-state index in [2.05, 4.69) is 23.5 Å². The molecule has 0 radical (unpaired) electrons. The van der Waals surface area contributed by atoms with Gasteiger partial charge in [0.15, 0.2) is 0 Å². The fourth-order valence-corrected chi connectivity index (χ4v) is 5.23. The van der Waals surface area contributed by atoms with Crippen molar-refractivity contribution in [1.82, 2.24) is 9.62 Å². The van der Waals surface area contributed by atoms with Gasteiger partial charge >= 0.3 is 0 Å². The Morgan fingerprint density at radius 1 is 1.00 bits per heavy atom. The smallest absolute Gasteiger partial charge is 0.244 e. The summed E-state index contributed by atoms with van der Waals surface area (Å²) in [7, 11) is -3.52. The first-order valence-electron chi connectivity index (χ1n) is 10.6. The predicted molar refractivity (Wildman–Crippen MR) is 126 cm³/mol. The van der Waals surface area contributed by atoms with Crippen LogP contribution in [0, 0.1) is 0 Å². The highest BCUT2D eigenvalue weighted by molar-refractivity contribution is 7.89. The molecular formula is C25H26N2O4S. The molecule has 0 aromatic heterocycles. The van der Waals surface area contributed by atoms with Crippen LogP contribution in [-0.2, 0) is 19.6 Å². The highest BCUT2D eigenvalue weighted by Gasteiger charge is 2.25. The monoisotopic (exact) mass is 450 g/mol. The lowest BCUT2D eigenvalue weighted by Crippen LogP contribution is -2.40. The van der Waals surface area contributed by atoms with Crippen LogP contribution in [0.4, 0.5) is 0 Å². The number of nitrogens with zero attached hydrogens (tertiary/aromatic N) is 1. The summed E-state index contributed by atoms with van der Waals surface area (Å²) in [5.74, 6) is -0.213. The molecule has 1 N–H and O–H groups in total. The second-order valence-electron chi connectivity index (χ2n) is 7.72. The second-order valence-corrected chi connectivity index (χ2v) is 9.66. The standard InChI is InChI=1S/C25H26N2O4S/c1-19(23-8-4-6-21-5-2-3-7-24(21)23)26-25(28)14-11-20-9-12-22(13-10-20)32(29,30)27-15-17-31-18-16-27/h2-14,19H,15-18H2,1H3,(H,26,28). The van der Waals surface area contributed by atoms with E-state index in [4.69, 9.17) is 4.74 Å². The summed E-state index contributed by atoms with van der Waals surface area (Å²) in [6.07, 6.45) is 3.14. The summed E-state index contributed by atoms with van der Waals surface area (Å²) in [5.41, 5.74) is 1.81. The predicted octanol–water partition coefficient (Wildman–Crippen LogP) is 3.75. The zero-order valence-electron chi connectivity index (χ0n) is 17.9. The van der Waals surface area contributed by atoms with Crippen LogP contribution in [0.25, 0.3) is 16.8 Å². The van der Waals surface area contributed by atoms with E-state index < -0.39 is 10.0 Å². The minimum absolute atomic E-state index is 0.153. The number of ether oxygens (including phenoxy) is 1. The number of hydrogen-bond acceptors (Lipinski definition) is 4. The Morgan fingerprint density at radius 2 is 1.69 bits per heavy atom. The van der Waals surface area contributed by atoms with E-state index in [1.165, 1.54) is 10.4 Å². The maximum absolute atomic E-state index is 12.7. The number of sulfonamides is 1. The molecule has 0 bridgehead atoms. The summed E-state index contributed by atoms with van der Waals surface area (Å²) in [5, 5.41) is 5.24. The molecule has 166 valence electrons. The third-order valence-electron chi connectivity index (χ3n) is 5.56. The van der Waals surface area contributed by atoms with Crippen molar-refractivity contribution < 1.29 is 17.9 Å². The van der Waals surface area contributed by atoms with Crippen LogP contribution in [-0.4, -0.2) is 44.9 Å². The van der Waals surface area contributed by atoms with Crippen LogP contribution in [0.5, 0.6) is 0 Å². The number of nitrogens with one attached hydrogen (secondary N) is 1. The van der Waals surface area contributed by atoms with Crippen molar-refractivity contribution in [3.63, 3.8) is 0 Å². The summed E-state index contributed by atoms with van der Waals surface area (Å²) >= 11 is 0. The number of morpholine rings is 1. The molecule has 0 aliphatic carbocycles. The van der Waals surface area contributed by atoms with E-state index in [9.17, 15) is 13.2 Å². The Balaban J connectivity index is 1.41. The number of rotatable bonds is 6. The van der Waals surface area contributed by atoms with E-state index in [1.807, 2.05) is 31.2 Å². The number of hydrogen-bond donors (Lipinski definition) is 1. The van der Waals surface area contributed by atoms with Crippen molar-refractivity contribution in [3.8, 4) is 0 Å². The third kappa shape index (κ3) is 4.91. The van der Waals surface area contributed by atoms with Crippen LogP contribution in [0.15, 0.2) is 77.7 Å². The van der Waals surface area contributed by atoms with Gasteiger partial charge in [-0.1, -0.05) is 54.6 Å². The fourth-order valence-electron chi connectivity index (χ4n) is 3.83. The van der Waals surface area contributed by atoms with E-state index in [0.29, 0.717) is 26.3 Å². The summed E-state index contributed by atoms with van der Waals surface area (Å²) in [4.78, 5) is 12.7. The normalized spacial score (nSPS) is 16.3. The minimum atomic E-state index is -3.52.